The SMILES string of the molecule is CCC(C)CC1CCC(C2CC=C(C#Cc3cc(F)c(N=C=S)c(F)c3)CC2)CC1. The normalized spacial score (nSPS) is 24.8. The van der Waals surface area contributed by atoms with Crippen LogP contribution in [-0.2, 0) is 0 Å². The maximum absolute atomic E-state index is 13.9. The summed E-state index contributed by atoms with van der Waals surface area (Å²) >= 11 is 4.42. The second-order valence-electron chi connectivity index (χ2n) is 9.04. The summed E-state index contributed by atoms with van der Waals surface area (Å²) < 4.78 is 27.9. The molecule has 2 unspecified atom stereocenters. The predicted molar refractivity (Wildman–Crippen MR) is 123 cm³/mol. The molecule has 0 heterocycles. The zero-order valence-electron chi connectivity index (χ0n) is 18.0. The van der Waals surface area contributed by atoms with Crippen LogP contribution in [0.5, 0.6) is 0 Å². The summed E-state index contributed by atoms with van der Waals surface area (Å²) in [6.07, 6.45) is 13.7. The number of isothiocyanates is 1. The molecule has 1 nitrogen and oxygen atoms in total. The zero-order chi connectivity index (χ0) is 21.5. The summed E-state index contributed by atoms with van der Waals surface area (Å²) in [6.45, 7) is 4.67. The number of allylic oxidation sites excluding steroid dienone is 2. The minimum atomic E-state index is -0.765. The third-order valence-electron chi connectivity index (χ3n) is 6.98. The first-order valence-corrected chi connectivity index (χ1v) is 11.7. The van der Waals surface area contributed by atoms with Gasteiger partial charge < -0.3 is 0 Å². The zero-order valence-corrected chi connectivity index (χ0v) is 18.8. The van der Waals surface area contributed by atoms with Crippen molar-refractivity contribution in [3.8, 4) is 11.8 Å². The van der Waals surface area contributed by atoms with E-state index in [-0.39, 0.29) is 0 Å². The van der Waals surface area contributed by atoms with Crippen LogP contribution in [0.2, 0.25) is 0 Å². The molecule has 2 aliphatic rings. The molecule has 0 radical (unpaired) electrons. The van der Waals surface area contributed by atoms with E-state index in [0.717, 1.165) is 42.1 Å². The third-order valence-corrected chi connectivity index (χ3v) is 7.08. The average molecular weight is 428 g/mol. The predicted octanol–water partition coefficient (Wildman–Crippen LogP) is 8.02. The molecule has 1 saturated carbocycles. The molecule has 2 atom stereocenters. The van der Waals surface area contributed by atoms with Gasteiger partial charge in [0.2, 0.25) is 0 Å². The van der Waals surface area contributed by atoms with E-state index < -0.39 is 17.3 Å². The molecule has 0 spiro atoms. The molecule has 1 aromatic carbocycles. The van der Waals surface area contributed by atoms with Gasteiger partial charge in [-0.1, -0.05) is 51.0 Å². The molecular formula is C26H31F2NS. The third kappa shape index (κ3) is 6.10. The van der Waals surface area contributed by atoms with Crippen molar-refractivity contribution in [1.29, 1.82) is 0 Å². The highest BCUT2D eigenvalue weighted by molar-refractivity contribution is 7.78. The minimum Gasteiger partial charge on any atom is -0.204 e. The Morgan fingerprint density at radius 3 is 2.33 bits per heavy atom. The Labute approximate surface area is 185 Å². The number of rotatable bonds is 5. The first-order valence-electron chi connectivity index (χ1n) is 11.3. The highest BCUT2D eigenvalue weighted by Crippen LogP contribution is 2.41. The molecule has 0 aliphatic heterocycles. The van der Waals surface area contributed by atoms with E-state index in [1.165, 1.54) is 57.1 Å². The molecule has 0 bridgehead atoms. The molecule has 2 aliphatic carbocycles. The Bertz CT molecular complexity index is 857. The van der Waals surface area contributed by atoms with Crippen molar-refractivity contribution in [2.75, 3.05) is 0 Å². The smallest absolute Gasteiger partial charge is 0.153 e. The molecular weight excluding hydrogens is 396 g/mol. The van der Waals surface area contributed by atoms with Gasteiger partial charge >= 0.3 is 0 Å². The summed E-state index contributed by atoms with van der Waals surface area (Å²) in [6, 6.07) is 2.40. The van der Waals surface area contributed by atoms with Crippen molar-refractivity contribution in [2.24, 2.45) is 28.7 Å². The van der Waals surface area contributed by atoms with Crippen molar-refractivity contribution >= 4 is 23.1 Å². The maximum atomic E-state index is 13.9. The molecule has 1 aromatic rings. The van der Waals surface area contributed by atoms with Gasteiger partial charge in [0, 0.05) is 5.56 Å². The van der Waals surface area contributed by atoms with Crippen LogP contribution < -0.4 is 0 Å². The van der Waals surface area contributed by atoms with Gasteiger partial charge in [-0.25, -0.2) is 8.78 Å². The average Bonchev–Trinajstić information content (AvgIpc) is 2.75. The monoisotopic (exact) mass is 427 g/mol. The van der Waals surface area contributed by atoms with Crippen LogP contribution >= 0.6 is 12.2 Å². The lowest BCUT2D eigenvalue weighted by atomic mass is 9.70. The molecule has 160 valence electrons. The topological polar surface area (TPSA) is 12.4 Å². The van der Waals surface area contributed by atoms with Gasteiger partial charge in [0.1, 0.15) is 5.69 Å². The van der Waals surface area contributed by atoms with Crippen LogP contribution in [0.25, 0.3) is 0 Å². The summed E-state index contributed by atoms with van der Waals surface area (Å²) in [7, 11) is 0. The van der Waals surface area contributed by atoms with E-state index in [0.29, 0.717) is 5.56 Å². The maximum Gasteiger partial charge on any atom is 0.153 e. The number of thiocarbonyl (C=S) groups is 1. The molecule has 30 heavy (non-hydrogen) atoms. The van der Waals surface area contributed by atoms with Gasteiger partial charge in [-0.15, -0.1) is 0 Å². The van der Waals surface area contributed by atoms with E-state index in [4.69, 9.17) is 0 Å². The highest BCUT2D eigenvalue weighted by atomic mass is 32.1. The number of nitrogens with zero attached hydrogens (tertiary/aromatic N) is 1. The van der Waals surface area contributed by atoms with Gasteiger partial charge in [0.25, 0.3) is 0 Å². The standard InChI is InChI=1S/C26H31F2NS/c1-3-18(2)14-20-8-12-23(13-9-20)22-10-6-19(7-11-22)4-5-21-15-24(27)26(29-17-30)25(28)16-21/h6,15-16,18,20,22-23H,3,7-14H2,1-2H3. The van der Waals surface area contributed by atoms with Crippen LogP contribution in [0, 0.1) is 47.1 Å². The molecule has 0 N–H and O–H groups in total. The van der Waals surface area contributed by atoms with Gasteiger partial charge in [-0.05, 0) is 92.1 Å². The lowest BCUT2D eigenvalue weighted by molar-refractivity contribution is 0.177. The fourth-order valence-corrected chi connectivity index (χ4v) is 5.06. The summed E-state index contributed by atoms with van der Waals surface area (Å²) in [5, 5.41) is 2.00. The number of benzene rings is 1. The summed E-state index contributed by atoms with van der Waals surface area (Å²) in [4.78, 5) is 3.43. The van der Waals surface area contributed by atoms with Crippen LogP contribution in [-0.4, -0.2) is 5.16 Å². The van der Waals surface area contributed by atoms with Gasteiger partial charge in [-0.2, -0.15) is 4.99 Å². The van der Waals surface area contributed by atoms with E-state index >= 15 is 0 Å². The molecule has 0 aromatic heterocycles. The molecule has 4 heteroatoms. The number of hydrogen-bond acceptors (Lipinski definition) is 2. The van der Waals surface area contributed by atoms with Gasteiger partial charge in [0.15, 0.2) is 11.6 Å². The number of aliphatic imine (C=N–C) groups is 1. The van der Waals surface area contributed by atoms with Crippen molar-refractivity contribution in [1.82, 2.24) is 0 Å². The van der Waals surface area contributed by atoms with Crippen LogP contribution in [0.15, 0.2) is 28.8 Å². The Balaban J connectivity index is 1.55. The Kier molecular flexibility index (Phi) is 8.37. The minimum absolute atomic E-state index is 0.316. The van der Waals surface area contributed by atoms with Crippen molar-refractivity contribution in [2.45, 2.75) is 71.6 Å². The second-order valence-corrected chi connectivity index (χ2v) is 9.22. The fraction of sp³-hybridized carbons (Fsp3) is 0.577. The largest absolute Gasteiger partial charge is 0.204 e. The van der Waals surface area contributed by atoms with E-state index in [2.05, 4.69) is 49.0 Å². The molecule has 0 amide bonds. The number of hydrogen-bond donors (Lipinski definition) is 0. The van der Waals surface area contributed by atoms with Gasteiger partial charge in [0.05, 0.1) is 5.16 Å². The Hall–Kier alpha value is -1.82. The lowest BCUT2D eigenvalue weighted by Gasteiger charge is -2.35. The fourth-order valence-electron chi connectivity index (χ4n) is 4.97. The summed E-state index contributed by atoms with van der Waals surface area (Å²) in [5.74, 6) is 7.89. The Morgan fingerprint density at radius 1 is 1.07 bits per heavy atom. The van der Waals surface area contributed by atoms with E-state index in [1.807, 2.05) is 5.16 Å². The van der Waals surface area contributed by atoms with Crippen molar-refractivity contribution < 1.29 is 8.78 Å². The van der Waals surface area contributed by atoms with Gasteiger partial charge in [-0.3, -0.25) is 0 Å². The Morgan fingerprint density at radius 2 is 1.77 bits per heavy atom. The van der Waals surface area contributed by atoms with Crippen molar-refractivity contribution in [3.63, 3.8) is 0 Å². The first-order chi connectivity index (χ1) is 14.5. The van der Waals surface area contributed by atoms with Crippen LogP contribution in [0.1, 0.15) is 77.2 Å². The highest BCUT2D eigenvalue weighted by Gasteiger charge is 2.28. The number of halogens is 2. The lowest BCUT2D eigenvalue weighted by Crippen LogP contribution is -2.24. The summed E-state index contributed by atoms with van der Waals surface area (Å²) in [5.41, 5.74) is 0.989. The van der Waals surface area contributed by atoms with Crippen molar-refractivity contribution in [3.05, 3.63) is 41.0 Å². The van der Waals surface area contributed by atoms with E-state index in [9.17, 15) is 8.78 Å². The molecule has 0 saturated heterocycles. The first kappa shape index (κ1) is 22.9. The second kappa shape index (κ2) is 11.0. The van der Waals surface area contributed by atoms with Crippen LogP contribution in [0.3, 0.4) is 0 Å². The van der Waals surface area contributed by atoms with Crippen LogP contribution in [0.4, 0.5) is 14.5 Å². The molecule has 3 rings (SSSR count). The molecule has 1 fully saturated rings. The van der Waals surface area contributed by atoms with E-state index in [1.54, 1.807) is 0 Å². The quantitative estimate of drug-likeness (QED) is 0.263.